The lowest BCUT2D eigenvalue weighted by Crippen LogP contribution is -2.38. The number of hydrogen-bond donors (Lipinski definition) is 1. The van der Waals surface area contributed by atoms with Crippen LogP contribution in [-0.2, 0) is 0 Å². The third-order valence-corrected chi connectivity index (χ3v) is 4.76. The Morgan fingerprint density at radius 3 is 2.77 bits per heavy atom. The molecule has 0 saturated carbocycles. The van der Waals surface area contributed by atoms with Gasteiger partial charge >= 0.3 is 6.03 Å². The number of carbonyl (C=O) groups is 1. The first kappa shape index (κ1) is 16.4. The van der Waals surface area contributed by atoms with Crippen molar-refractivity contribution in [3.05, 3.63) is 66.8 Å². The minimum absolute atomic E-state index is 0.0272. The van der Waals surface area contributed by atoms with E-state index < -0.39 is 0 Å². The lowest BCUT2D eigenvalue weighted by molar-refractivity contribution is 0.179. The molecule has 1 aliphatic rings. The van der Waals surface area contributed by atoms with Gasteiger partial charge in [-0.1, -0.05) is 31.0 Å². The summed E-state index contributed by atoms with van der Waals surface area (Å²) < 4.78 is 7.33. The van der Waals surface area contributed by atoms with E-state index in [9.17, 15) is 4.79 Å². The van der Waals surface area contributed by atoms with Crippen LogP contribution in [0.15, 0.2) is 65.4 Å². The molecule has 0 unspecified atom stereocenters. The lowest BCUT2D eigenvalue weighted by atomic mass is 10.1. The Kier molecular flexibility index (Phi) is 4.73. The highest BCUT2D eigenvalue weighted by atomic mass is 16.3. The molecule has 3 aromatic rings. The quantitative estimate of drug-likeness (QED) is 0.750. The molecule has 0 bridgehead atoms. The second-order valence-corrected chi connectivity index (χ2v) is 6.47. The predicted molar refractivity (Wildman–Crippen MR) is 99.2 cm³/mol. The number of rotatable bonds is 3. The van der Waals surface area contributed by atoms with E-state index in [1.807, 2.05) is 53.4 Å². The second-order valence-electron chi connectivity index (χ2n) is 6.47. The minimum atomic E-state index is -0.119. The van der Waals surface area contributed by atoms with Gasteiger partial charge in [0.15, 0.2) is 0 Å². The first-order valence-corrected chi connectivity index (χ1v) is 9.03. The molecule has 2 aromatic heterocycles. The Morgan fingerprint density at radius 1 is 1.08 bits per heavy atom. The molecular weight excluding hydrogens is 328 g/mol. The predicted octanol–water partition coefficient (Wildman–Crippen LogP) is 4.61. The van der Waals surface area contributed by atoms with Gasteiger partial charge in [0.25, 0.3) is 0 Å². The Morgan fingerprint density at radius 2 is 1.96 bits per heavy atom. The SMILES string of the molecule is O=C(Nc1ccnn1-c1ccccc1)N1CCCCC[C@H]1c1ccco1. The smallest absolute Gasteiger partial charge is 0.323 e. The summed E-state index contributed by atoms with van der Waals surface area (Å²) in [6.45, 7) is 0.719. The van der Waals surface area contributed by atoms with Crippen LogP contribution in [0.4, 0.5) is 10.6 Å². The van der Waals surface area contributed by atoms with Crippen molar-refractivity contribution in [3.8, 4) is 5.69 Å². The van der Waals surface area contributed by atoms with Gasteiger partial charge in [0.1, 0.15) is 11.6 Å². The number of benzene rings is 1. The molecule has 0 radical (unpaired) electrons. The molecule has 1 saturated heterocycles. The number of likely N-dealkylation sites (tertiary alicyclic amines) is 1. The molecular formula is C20H22N4O2. The van der Waals surface area contributed by atoms with Crippen molar-refractivity contribution in [3.63, 3.8) is 0 Å². The summed E-state index contributed by atoms with van der Waals surface area (Å²) in [5.74, 6) is 1.50. The second kappa shape index (κ2) is 7.47. The number of nitrogens with zero attached hydrogens (tertiary/aromatic N) is 3. The van der Waals surface area contributed by atoms with E-state index in [1.165, 1.54) is 0 Å². The average molecular weight is 350 g/mol. The average Bonchev–Trinajstić information content (AvgIpc) is 3.30. The van der Waals surface area contributed by atoms with Crippen LogP contribution in [0, 0.1) is 0 Å². The highest BCUT2D eigenvalue weighted by Crippen LogP contribution is 2.31. The molecule has 6 heteroatoms. The van der Waals surface area contributed by atoms with Crippen molar-refractivity contribution in [1.29, 1.82) is 0 Å². The van der Waals surface area contributed by atoms with Gasteiger partial charge in [-0.05, 0) is 37.1 Å². The number of anilines is 1. The number of furan rings is 1. The van der Waals surface area contributed by atoms with E-state index in [2.05, 4.69) is 10.4 Å². The Bertz CT molecular complexity index is 842. The molecule has 4 rings (SSSR count). The summed E-state index contributed by atoms with van der Waals surface area (Å²) in [5, 5.41) is 7.36. The van der Waals surface area contributed by atoms with Crippen LogP contribution < -0.4 is 5.32 Å². The zero-order valence-electron chi connectivity index (χ0n) is 14.5. The monoisotopic (exact) mass is 350 g/mol. The zero-order chi connectivity index (χ0) is 17.8. The van der Waals surface area contributed by atoms with Crippen LogP contribution in [0.25, 0.3) is 5.69 Å². The Balaban J connectivity index is 1.56. The van der Waals surface area contributed by atoms with Crippen molar-refractivity contribution < 1.29 is 9.21 Å². The van der Waals surface area contributed by atoms with E-state index in [1.54, 1.807) is 17.1 Å². The van der Waals surface area contributed by atoms with E-state index in [-0.39, 0.29) is 12.1 Å². The maximum atomic E-state index is 13.0. The number of urea groups is 1. The molecule has 1 N–H and O–H groups in total. The van der Waals surface area contributed by atoms with Gasteiger partial charge < -0.3 is 9.32 Å². The van der Waals surface area contributed by atoms with E-state index >= 15 is 0 Å². The molecule has 134 valence electrons. The largest absolute Gasteiger partial charge is 0.467 e. The molecule has 3 heterocycles. The standard InChI is InChI=1S/C20H22N4O2/c25-20(22-19-12-13-21-24(19)16-8-3-1-4-9-16)23-14-6-2-5-10-17(23)18-11-7-15-26-18/h1,3-4,7-9,11-13,15,17H,2,5-6,10,14H2,(H,22,25)/t17-/m0/s1. The van der Waals surface area contributed by atoms with Crippen molar-refractivity contribution in [2.75, 3.05) is 11.9 Å². The number of amides is 2. The zero-order valence-corrected chi connectivity index (χ0v) is 14.5. The molecule has 1 fully saturated rings. The van der Waals surface area contributed by atoms with Crippen LogP contribution in [-0.4, -0.2) is 27.3 Å². The first-order chi connectivity index (χ1) is 12.8. The van der Waals surface area contributed by atoms with Crippen LogP contribution in [0.3, 0.4) is 0 Å². The number of hydrogen-bond acceptors (Lipinski definition) is 3. The summed E-state index contributed by atoms with van der Waals surface area (Å²) in [6, 6.07) is 15.3. The Hall–Kier alpha value is -3.02. The summed E-state index contributed by atoms with van der Waals surface area (Å²) in [5.41, 5.74) is 0.909. The number of para-hydroxylation sites is 1. The maximum absolute atomic E-state index is 13.0. The van der Waals surface area contributed by atoms with Crippen molar-refractivity contribution in [2.24, 2.45) is 0 Å². The van der Waals surface area contributed by atoms with E-state index in [4.69, 9.17) is 4.42 Å². The summed E-state index contributed by atoms with van der Waals surface area (Å²) in [7, 11) is 0. The van der Waals surface area contributed by atoms with Gasteiger partial charge in [0.2, 0.25) is 0 Å². The molecule has 1 aromatic carbocycles. The molecule has 1 atom stereocenters. The normalized spacial score (nSPS) is 17.7. The first-order valence-electron chi connectivity index (χ1n) is 9.03. The number of carbonyl (C=O) groups excluding carboxylic acids is 1. The van der Waals surface area contributed by atoms with Crippen molar-refractivity contribution >= 4 is 11.8 Å². The molecule has 26 heavy (non-hydrogen) atoms. The minimum Gasteiger partial charge on any atom is -0.467 e. The fourth-order valence-electron chi connectivity index (χ4n) is 3.48. The van der Waals surface area contributed by atoms with Gasteiger partial charge in [0, 0.05) is 12.6 Å². The number of aromatic nitrogens is 2. The lowest BCUT2D eigenvalue weighted by Gasteiger charge is -2.28. The third kappa shape index (κ3) is 3.35. The van der Waals surface area contributed by atoms with Crippen molar-refractivity contribution in [2.45, 2.75) is 31.7 Å². The van der Waals surface area contributed by atoms with Crippen LogP contribution >= 0.6 is 0 Å². The van der Waals surface area contributed by atoms with Gasteiger partial charge in [-0.3, -0.25) is 5.32 Å². The van der Waals surface area contributed by atoms with Gasteiger partial charge in [-0.15, -0.1) is 0 Å². The molecule has 6 nitrogen and oxygen atoms in total. The summed E-state index contributed by atoms with van der Waals surface area (Å²) in [6.07, 6.45) is 7.50. The molecule has 0 aliphatic carbocycles. The molecule has 0 spiro atoms. The highest BCUT2D eigenvalue weighted by molar-refractivity contribution is 5.89. The molecule has 2 amide bonds. The highest BCUT2D eigenvalue weighted by Gasteiger charge is 2.29. The Labute approximate surface area is 152 Å². The van der Waals surface area contributed by atoms with Crippen LogP contribution in [0.2, 0.25) is 0 Å². The fourth-order valence-corrected chi connectivity index (χ4v) is 3.48. The van der Waals surface area contributed by atoms with Gasteiger partial charge in [0.05, 0.1) is 24.2 Å². The third-order valence-electron chi connectivity index (χ3n) is 4.76. The fraction of sp³-hybridized carbons (Fsp3) is 0.300. The van der Waals surface area contributed by atoms with Crippen LogP contribution in [0.1, 0.15) is 37.5 Å². The summed E-state index contributed by atoms with van der Waals surface area (Å²) >= 11 is 0. The molecule has 1 aliphatic heterocycles. The summed E-state index contributed by atoms with van der Waals surface area (Å²) in [4.78, 5) is 14.9. The topological polar surface area (TPSA) is 63.3 Å². The van der Waals surface area contributed by atoms with Gasteiger partial charge in [-0.25, -0.2) is 9.48 Å². The van der Waals surface area contributed by atoms with E-state index in [0.29, 0.717) is 5.82 Å². The maximum Gasteiger partial charge on any atom is 0.323 e. The van der Waals surface area contributed by atoms with Crippen molar-refractivity contribution in [1.82, 2.24) is 14.7 Å². The van der Waals surface area contributed by atoms with Crippen LogP contribution in [0.5, 0.6) is 0 Å². The van der Waals surface area contributed by atoms with Gasteiger partial charge in [-0.2, -0.15) is 5.10 Å². The number of nitrogens with one attached hydrogen (secondary N) is 1. The van der Waals surface area contributed by atoms with E-state index in [0.717, 1.165) is 43.7 Å².